The summed E-state index contributed by atoms with van der Waals surface area (Å²) in [5, 5.41) is 10.5. The number of non-ortho nitro benzene ring substituents is 1. The molecule has 1 aromatic carbocycles. The molecule has 0 radical (unpaired) electrons. The summed E-state index contributed by atoms with van der Waals surface area (Å²) in [5.74, 6) is 0. The molecule has 8 nitrogen and oxygen atoms in total. The van der Waals surface area contributed by atoms with E-state index in [0.29, 0.717) is 0 Å². The van der Waals surface area contributed by atoms with Crippen molar-refractivity contribution in [3.8, 4) is 0 Å². The lowest BCUT2D eigenvalue weighted by Gasteiger charge is -2.09. The molecule has 0 unspecified atom stereocenters. The number of sulfonamides is 1. The molecule has 2 rings (SSSR count). The highest BCUT2D eigenvalue weighted by Crippen LogP contribution is 2.21. The molecule has 2 aromatic rings. The Bertz CT molecular complexity index is 743. The zero-order valence-corrected chi connectivity index (χ0v) is 10.9. The third-order valence-corrected chi connectivity index (χ3v) is 3.86. The molecular weight excluding hydrogens is 284 g/mol. The minimum absolute atomic E-state index is 0.0643. The van der Waals surface area contributed by atoms with Crippen LogP contribution in [0.2, 0.25) is 0 Å². The molecule has 0 saturated carbocycles. The van der Waals surface area contributed by atoms with Gasteiger partial charge in [0.15, 0.2) is 0 Å². The van der Waals surface area contributed by atoms with E-state index in [0.717, 1.165) is 6.20 Å². The van der Waals surface area contributed by atoms with E-state index in [1.165, 1.54) is 36.5 Å². The number of aromatic nitrogens is 1. The number of nitro benzene ring substituents is 1. The van der Waals surface area contributed by atoms with Gasteiger partial charge in [-0.05, 0) is 18.2 Å². The Hall–Kier alpha value is -2.68. The Morgan fingerprint density at radius 2 is 1.85 bits per heavy atom. The standard InChI is InChI=1S/C11H10N4O4S/c12-10-5-6-13-7-11(10)20(18,19)14-8-1-3-9(4-2-8)15(16)17/h1-7,14H,(H2,12,13). The van der Waals surface area contributed by atoms with E-state index in [9.17, 15) is 18.5 Å². The molecule has 0 atom stereocenters. The van der Waals surface area contributed by atoms with Gasteiger partial charge in [0.2, 0.25) is 0 Å². The number of nitrogens with two attached hydrogens (primary N) is 1. The van der Waals surface area contributed by atoms with Gasteiger partial charge in [-0.1, -0.05) is 0 Å². The van der Waals surface area contributed by atoms with Crippen molar-refractivity contribution >= 4 is 27.1 Å². The van der Waals surface area contributed by atoms with Crippen molar-refractivity contribution in [2.24, 2.45) is 0 Å². The highest BCUT2D eigenvalue weighted by atomic mass is 32.2. The lowest BCUT2D eigenvalue weighted by molar-refractivity contribution is -0.384. The number of hydrogen-bond acceptors (Lipinski definition) is 6. The quantitative estimate of drug-likeness (QED) is 0.647. The van der Waals surface area contributed by atoms with E-state index in [1.807, 2.05) is 0 Å². The van der Waals surface area contributed by atoms with Crippen molar-refractivity contribution in [1.29, 1.82) is 0 Å². The first kappa shape index (κ1) is 13.7. The predicted octanol–water partition coefficient (Wildman–Crippen LogP) is 1.37. The molecule has 0 saturated heterocycles. The van der Waals surface area contributed by atoms with Gasteiger partial charge in [-0.3, -0.25) is 19.8 Å². The number of nitro groups is 1. The zero-order chi connectivity index (χ0) is 14.8. The summed E-state index contributed by atoms with van der Waals surface area (Å²) in [4.78, 5) is 13.5. The summed E-state index contributed by atoms with van der Waals surface area (Å²) in [6.07, 6.45) is 2.50. The Balaban J connectivity index is 2.29. The van der Waals surface area contributed by atoms with Gasteiger partial charge in [-0.15, -0.1) is 0 Å². The molecule has 0 aliphatic rings. The van der Waals surface area contributed by atoms with Gasteiger partial charge in [0.25, 0.3) is 15.7 Å². The fourth-order valence-electron chi connectivity index (χ4n) is 1.48. The van der Waals surface area contributed by atoms with Crippen LogP contribution in [0.1, 0.15) is 0 Å². The van der Waals surface area contributed by atoms with Crippen LogP contribution in [0.3, 0.4) is 0 Å². The molecule has 0 spiro atoms. The summed E-state index contributed by atoms with van der Waals surface area (Å²) < 4.78 is 26.4. The van der Waals surface area contributed by atoms with Crippen LogP contribution in [-0.2, 0) is 10.0 Å². The monoisotopic (exact) mass is 294 g/mol. The van der Waals surface area contributed by atoms with Gasteiger partial charge in [-0.25, -0.2) is 8.42 Å². The van der Waals surface area contributed by atoms with Crippen molar-refractivity contribution in [3.05, 3.63) is 52.8 Å². The molecule has 0 bridgehead atoms. The van der Waals surface area contributed by atoms with Crippen LogP contribution in [0.15, 0.2) is 47.6 Å². The highest BCUT2D eigenvalue weighted by Gasteiger charge is 2.18. The molecule has 1 heterocycles. The van der Waals surface area contributed by atoms with Gasteiger partial charge in [0.1, 0.15) is 4.90 Å². The van der Waals surface area contributed by atoms with Crippen LogP contribution in [0.5, 0.6) is 0 Å². The molecule has 20 heavy (non-hydrogen) atoms. The number of rotatable bonds is 4. The van der Waals surface area contributed by atoms with Crippen LogP contribution in [-0.4, -0.2) is 18.3 Å². The SMILES string of the molecule is Nc1ccncc1S(=O)(=O)Nc1ccc([N+](=O)[O-])cc1. The van der Waals surface area contributed by atoms with Gasteiger partial charge >= 0.3 is 0 Å². The number of benzene rings is 1. The minimum Gasteiger partial charge on any atom is -0.398 e. The zero-order valence-electron chi connectivity index (χ0n) is 10.1. The van der Waals surface area contributed by atoms with Gasteiger partial charge in [0, 0.05) is 30.2 Å². The summed E-state index contributed by atoms with van der Waals surface area (Å²) in [5.41, 5.74) is 5.70. The number of nitrogens with zero attached hydrogens (tertiary/aromatic N) is 2. The largest absolute Gasteiger partial charge is 0.398 e. The smallest absolute Gasteiger partial charge is 0.269 e. The first-order valence-electron chi connectivity index (χ1n) is 5.37. The molecule has 0 aliphatic heterocycles. The topological polar surface area (TPSA) is 128 Å². The van der Waals surface area contributed by atoms with Gasteiger partial charge < -0.3 is 5.73 Å². The van der Waals surface area contributed by atoms with Crippen molar-refractivity contribution in [3.63, 3.8) is 0 Å². The van der Waals surface area contributed by atoms with Crippen LogP contribution >= 0.6 is 0 Å². The predicted molar refractivity (Wildman–Crippen MR) is 72.6 cm³/mol. The van der Waals surface area contributed by atoms with E-state index in [2.05, 4.69) is 9.71 Å². The average Bonchev–Trinajstić information content (AvgIpc) is 2.39. The first-order chi connectivity index (χ1) is 9.40. The third-order valence-electron chi connectivity index (χ3n) is 2.44. The lowest BCUT2D eigenvalue weighted by Crippen LogP contribution is -2.15. The number of anilines is 2. The first-order valence-corrected chi connectivity index (χ1v) is 6.85. The second-order valence-electron chi connectivity index (χ2n) is 3.82. The normalized spacial score (nSPS) is 11.0. The Labute approximate surface area is 114 Å². The number of pyridine rings is 1. The number of nitrogen functional groups attached to an aromatic ring is 1. The maximum atomic E-state index is 12.1. The Morgan fingerprint density at radius 3 is 2.40 bits per heavy atom. The minimum atomic E-state index is -3.88. The van der Waals surface area contributed by atoms with Crippen LogP contribution in [0.25, 0.3) is 0 Å². The Kier molecular flexibility index (Phi) is 3.53. The summed E-state index contributed by atoms with van der Waals surface area (Å²) in [6.45, 7) is 0. The second kappa shape index (κ2) is 5.13. The molecule has 9 heteroatoms. The highest BCUT2D eigenvalue weighted by molar-refractivity contribution is 7.92. The van der Waals surface area contributed by atoms with E-state index >= 15 is 0 Å². The molecule has 0 aliphatic carbocycles. The van der Waals surface area contributed by atoms with E-state index in [4.69, 9.17) is 5.73 Å². The lowest BCUT2D eigenvalue weighted by atomic mass is 10.3. The molecule has 0 fully saturated rings. The molecule has 1 aromatic heterocycles. The van der Waals surface area contributed by atoms with Crippen molar-refractivity contribution in [1.82, 2.24) is 4.98 Å². The summed E-state index contributed by atoms with van der Waals surface area (Å²) in [6, 6.07) is 6.35. The third kappa shape index (κ3) is 2.83. The fourth-order valence-corrected chi connectivity index (χ4v) is 2.61. The average molecular weight is 294 g/mol. The van der Waals surface area contributed by atoms with Crippen molar-refractivity contribution in [2.75, 3.05) is 10.5 Å². The van der Waals surface area contributed by atoms with Gasteiger partial charge in [0.05, 0.1) is 10.6 Å². The maximum absolute atomic E-state index is 12.1. The van der Waals surface area contributed by atoms with Crippen molar-refractivity contribution < 1.29 is 13.3 Å². The van der Waals surface area contributed by atoms with Crippen LogP contribution < -0.4 is 10.5 Å². The van der Waals surface area contributed by atoms with E-state index in [-0.39, 0.29) is 22.0 Å². The fraction of sp³-hybridized carbons (Fsp3) is 0. The second-order valence-corrected chi connectivity index (χ2v) is 5.47. The Morgan fingerprint density at radius 1 is 1.20 bits per heavy atom. The molecular formula is C11H10N4O4S. The molecule has 3 N–H and O–H groups in total. The maximum Gasteiger partial charge on any atom is 0.269 e. The van der Waals surface area contributed by atoms with Crippen LogP contribution in [0.4, 0.5) is 17.1 Å². The number of nitrogens with one attached hydrogen (secondary N) is 1. The van der Waals surface area contributed by atoms with E-state index in [1.54, 1.807) is 0 Å². The van der Waals surface area contributed by atoms with Crippen LogP contribution in [0, 0.1) is 10.1 Å². The van der Waals surface area contributed by atoms with Gasteiger partial charge in [-0.2, -0.15) is 0 Å². The van der Waals surface area contributed by atoms with E-state index < -0.39 is 14.9 Å². The summed E-state index contributed by atoms with van der Waals surface area (Å²) in [7, 11) is -3.88. The summed E-state index contributed by atoms with van der Waals surface area (Å²) >= 11 is 0. The number of hydrogen-bond donors (Lipinski definition) is 2. The molecule has 104 valence electrons. The van der Waals surface area contributed by atoms with Crippen molar-refractivity contribution in [2.45, 2.75) is 4.90 Å². The molecule has 0 amide bonds.